The number of hydrogen-bond donors (Lipinski definition) is 1. The van der Waals surface area contributed by atoms with Gasteiger partial charge in [-0.05, 0) is 115 Å². The average Bonchev–Trinajstić information content (AvgIpc) is 4.04. The number of Topliss-reactive ketones (excluding diaryl/α,β-unsaturated/α-hetero) is 1. The molecule has 11 nitrogen and oxygen atoms in total. The highest BCUT2D eigenvalue weighted by atomic mass is 32.2. The van der Waals surface area contributed by atoms with Gasteiger partial charge in [0.05, 0.1) is 49.3 Å². The zero-order valence-electron chi connectivity index (χ0n) is 35.4. The number of carbonyl (C=O) groups is 4. The van der Waals surface area contributed by atoms with E-state index in [0.717, 1.165) is 60.1 Å². The summed E-state index contributed by atoms with van der Waals surface area (Å²) >= 11 is 0. The van der Waals surface area contributed by atoms with Crippen LogP contribution in [-0.2, 0) is 50.7 Å². The van der Waals surface area contributed by atoms with E-state index >= 15 is 4.79 Å². The summed E-state index contributed by atoms with van der Waals surface area (Å²) in [5.74, 6) is -1.55. The highest BCUT2D eigenvalue weighted by molar-refractivity contribution is 7.90. The van der Waals surface area contributed by atoms with Crippen LogP contribution in [0.5, 0.6) is 5.75 Å². The number of fused-ring (bicyclic) bond motifs is 12. The van der Waals surface area contributed by atoms with E-state index in [1.807, 2.05) is 39.0 Å². The van der Waals surface area contributed by atoms with E-state index in [9.17, 15) is 22.8 Å². The fraction of sp³-hybridized carbons (Fsp3) is 0.652. The zero-order valence-corrected chi connectivity index (χ0v) is 36.2. The van der Waals surface area contributed by atoms with E-state index in [2.05, 4.69) is 42.8 Å². The summed E-state index contributed by atoms with van der Waals surface area (Å²) in [6.45, 7) is 10.4. The molecule has 3 aliphatic carbocycles. The molecule has 2 aromatic carbocycles. The number of carbonyl (C=O) groups excluding carboxylic acids is 4. The van der Waals surface area contributed by atoms with Crippen LogP contribution in [0.4, 0.5) is 0 Å². The number of methoxy groups -OCH3 is 2. The highest BCUT2D eigenvalue weighted by Gasteiger charge is 2.66. The summed E-state index contributed by atoms with van der Waals surface area (Å²) in [6, 6.07) is 13.3. The number of esters is 1. The Morgan fingerprint density at radius 1 is 0.966 bits per heavy atom. The third-order valence-electron chi connectivity index (χ3n) is 13.9. The zero-order chi connectivity index (χ0) is 41.8. The van der Waals surface area contributed by atoms with Gasteiger partial charge >= 0.3 is 5.97 Å². The van der Waals surface area contributed by atoms with Crippen molar-refractivity contribution in [3.8, 4) is 16.9 Å². The minimum absolute atomic E-state index is 0.0585. The first kappa shape index (κ1) is 42.4. The molecule has 3 aliphatic heterocycles. The lowest BCUT2D eigenvalue weighted by molar-refractivity contribution is -0.154. The number of sulfonamides is 1. The lowest BCUT2D eigenvalue weighted by atomic mass is 9.77. The smallest absolute Gasteiger partial charge is 0.306 e. The fourth-order valence-electron chi connectivity index (χ4n) is 9.63. The molecule has 0 spiro atoms. The van der Waals surface area contributed by atoms with Gasteiger partial charge in [0.2, 0.25) is 21.8 Å². The van der Waals surface area contributed by atoms with E-state index in [-0.39, 0.29) is 61.4 Å². The Kier molecular flexibility index (Phi) is 11.5. The third-order valence-corrected chi connectivity index (χ3v) is 15.7. The van der Waals surface area contributed by atoms with Crippen LogP contribution in [0.25, 0.3) is 11.1 Å². The van der Waals surface area contributed by atoms with Crippen molar-refractivity contribution in [1.29, 1.82) is 0 Å². The van der Waals surface area contributed by atoms with Gasteiger partial charge in [0.15, 0.2) is 5.78 Å². The van der Waals surface area contributed by atoms with Crippen molar-refractivity contribution < 1.29 is 41.8 Å². The molecule has 0 radical (unpaired) electrons. The topological polar surface area (TPSA) is 145 Å². The summed E-state index contributed by atoms with van der Waals surface area (Å²) in [6.07, 6.45) is 6.52. The molecule has 58 heavy (non-hydrogen) atoms. The predicted molar refractivity (Wildman–Crippen MR) is 220 cm³/mol. The highest BCUT2D eigenvalue weighted by Crippen LogP contribution is 2.65. The van der Waals surface area contributed by atoms with Gasteiger partial charge in [-0.2, -0.15) is 0 Å². The quantitative estimate of drug-likeness (QED) is 0.261. The van der Waals surface area contributed by atoms with Gasteiger partial charge in [0.1, 0.15) is 11.4 Å². The number of hydrogen-bond acceptors (Lipinski definition) is 9. The SMILES string of the molecule is COc1ccc2c(c1)CCCC(C)(C)CCOC(=O)C[C@@H](C(C)(C)C)C(=O)N1C[C@@](OC)(C[C@H]1C(=O)C[C@]1(C(=O)NS(=O)(=O)C3CC3)C[C@H]1C1CC1)c1ccc-2cc1. The molecule has 2 aromatic rings. The Labute approximate surface area is 344 Å². The molecule has 4 fully saturated rings. The number of nitrogens with zero attached hydrogens (tertiary/aromatic N) is 1. The van der Waals surface area contributed by atoms with Crippen molar-refractivity contribution in [3.05, 3.63) is 53.6 Å². The normalized spacial score (nSPS) is 29.3. The van der Waals surface area contributed by atoms with Crippen molar-refractivity contribution >= 4 is 33.6 Å². The number of aryl methyl sites for hydroxylation is 1. The monoisotopic (exact) mass is 818 g/mol. The van der Waals surface area contributed by atoms with Gasteiger partial charge < -0.3 is 19.1 Å². The molecule has 8 rings (SSSR count). The van der Waals surface area contributed by atoms with Crippen LogP contribution in [0.15, 0.2) is 42.5 Å². The first-order valence-corrected chi connectivity index (χ1v) is 22.7. The Balaban J connectivity index is 1.26. The molecular formula is C46H62N2O9S. The van der Waals surface area contributed by atoms with Crippen LogP contribution in [0.3, 0.4) is 0 Å². The summed E-state index contributed by atoms with van der Waals surface area (Å²) in [7, 11) is -0.570. The standard InChI is InChI=1S/C46H62N2O9S/c1-43(2,3)36-24-40(50)57-22-21-44(4,5)20-8-9-31-23-33(55-6)16-19-35(31)29-12-14-32(15-13-29)46(56-7)26-38(48(28-46)41(36)51)39(49)27-45(25-37(45)30-10-11-30)42(52)47-58(53,54)34-17-18-34/h12-16,19,23,30,34,36-38H,8-11,17-18,20-22,24-28H2,1-7H3,(H,47,52)/t36-,37+,38+,45-,46+/m1/s1. The molecule has 4 bridgehead atoms. The van der Waals surface area contributed by atoms with Gasteiger partial charge in [-0.25, -0.2) is 8.42 Å². The molecule has 316 valence electrons. The number of nitrogens with one attached hydrogen (secondary N) is 1. The van der Waals surface area contributed by atoms with Crippen LogP contribution >= 0.6 is 0 Å². The summed E-state index contributed by atoms with van der Waals surface area (Å²) in [5.41, 5.74) is 1.10. The third kappa shape index (κ3) is 8.74. The molecule has 2 amide bonds. The molecule has 12 heteroatoms. The number of ketones is 1. The molecule has 6 aliphatic rings. The number of ether oxygens (including phenoxy) is 3. The first-order chi connectivity index (χ1) is 27.3. The van der Waals surface area contributed by atoms with E-state index in [1.165, 1.54) is 0 Å². The van der Waals surface area contributed by atoms with Gasteiger partial charge in [-0.3, -0.25) is 23.9 Å². The van der Waals surface area contributed by atoms with Crippen LogP contribution in [0, 0.1) is 34.0 Å². The molecule has 5 atom stereocenters. The van der Waals surface area contributed by atoms with Gasteiger partial charge in [0.25, 0.3) is 0 Å². The van der Waals surface area contributed by atoms with Crippen molar-refractivity contribution in [2.75, 3.05) is 27.4 Å². The van der Waals surface area contributed by atoms with Gasteiger partial charge in [-0.1, -0.05) is 65.0 Å². The van der Waals surface area contributed by atoms with Crippen LogP contribution < -0.4 is 9.46 Å². The van der Waals surface area contributed by atoms with E-state index in [1.54, 1.807) is 19.1 Å². The Hall–Kier alpha value is -3.77. The Morgan fingerprint density at radius 3 is 2.29 bits per heavy atom. The van der Waals surface area contributed by atoms with Crippen LogP contribution in [-0.4, -0.2) is 75.5 Å². The Morgan fingerprint density at radius 2 is 1.67 bits per heavy atom. The van der Waals surface area contributed by atoms with Crippen LogP contribution in [0.1, 0.15) is 116 Å². The maximum absolute atomic E-state index is 15.0. The molecular weight excluding hydrogens is 757 g/mol. The van der Waals surface area contributed by atoms with E-state index in [4.69, 9.17) is 14.2 Å². The number of benzene rings is 2. The van der Waals surface area contributed by atoms with Crippen molar-refractivity contribution in [3.63, 3.8) is 0 Å². The minimum Gasteiger partial charge on any atom is -0.497 e. The first-order valence-electron chi connectivity index (χ1n) is 21.2. The van der Waals surface area contributed by atoms with E-state index < -0.39 is 55.5 Å². The molecule has 0 aromatic heterocycles. The van der Waals surface area contributed by atoms with Gasteiger partial charge in [0, 0.05) is 20.0 Å². The summed E-state index contributed by atoms with van der Waals surface area (Å²) in [4.78, 5) is 58.9. The Bertz CT molecular complexity index is 2030. The van der Waals surface area contributed by atoms with Crippen molar-refractivity contribution in [2.45, 2.75) is 129 Å². The lowest BCUT2D eigenvalue weighted by Crippen LogP contribution is -2.49. The number of rotatable bonds is 9. The van der Waals surface area contributed by atoms with Crippen molar-refractivity contribution in [2.24, 2.45) is 34.0 Å². The van der Waals surface area contributed by atoms with Crippen LogP contribution in [0.2, 0.25) is 0 Å². The molecule has 0 unspecified atom stereocenters. The lowest BCUT2D eigenvalue weighted by Gasteiger charge is -2.35. The number of amides is 2. The summed E-state index contributed by atoms with van der Waals surface area (Å²) < 4.78 is 46.1. The maximum Gasteiger partial charge on any atom is 0.306 e. The van der Waals surface area contributed by atoms with E-state index in [0.29, 0.717) is 25.7 Å². The minimum atomic E-state index is -3.82. The average molecular weight is 819 g/mol. The maximum atomic E-state index is 15.0. The molecule has 1 N–H and O–H groups in total. The summed E-state index contributed by atoms with van der Waals surface area (Å²) in [5, 5.41) is -0.574. The van der Waals surface area contributed by atoms with Crippen molar-refractivity contribution in [1.82, 2.24) is 9.62 Å². The molecule has 3 saturated carbocycles. The molecule has 3 heterocycles. The molecule has 1 saturated heterocycles. The van der Waals surface area contributed by atoms with Gasteiger partial charge in [-0.15, -0.1) is 0 Å². The predicted octanol–water partition coefficient (Wildman–Crippen LogP) is 7.14. The second-order valence-corrected chi connectivity index (χ2v) is 21.7. The second-order valence-electron chi connectivity index (χ2n) is 19.7. The largest absolute Gasteiger partial charge is 0.497 e. The second kappa shape index (κ2) is 15.7. The fourth-order valence-corrected chi connectivity index (χ4v) is 11.0.